The molecule has 6 nitrogen and oxygen atoms in total. The zero-order chi connectivity index (χ0) is 17.4. The molecule has 2 rings (SSSR count). The van der Waals surface area contributed by atoms with Crippen LogP contribution in [0.3, 0.4) is 0 Å². The number of rotatable bonds is 8. The minimum atomic E-state index is -0.558. The molecule has 0 fully saturated rings. The third-order valence-electron chi connectivity index (χ3n) is 3.44. The first kappa shape index (κ1) is 17.7. The summed E-state index contributed by atoms with van der Waals surface area (Å²) in [6.07, 6.45) is 1.68. The van der Waals surface area contributed by atoms with Crippen molar-refractivity contribution in [2.45, 2.75) is 32.4 Å². The van der Waals surface area contributed by atoms with E-state index in [2.05, 4.69) is 10.3 Å². The lowest BCUT2D eigenvalue weighted by atomic mass is 10.1. The number of carbonyl (C=O) groups excluding carboxylic acids is 1. The number of aliphatic hydroxyl groups excluding tert-OH is 1. The average molecular weight is 330 g/mol. The lowest BCUT2D eigenvalue weighted by Gasteiger charge is -2.18. The number of hydrogen-bond donors (Lipinski definition) is 2. The molecule has 2 aromatic rings. The number of nitrogens with one attached hydrogen (secondary N) is 1. The Morgan fingerprint density at radius 1 is 1.21 bits per heavy atom. The summed E-state index contributed by atoms with van der Waals surface area (Å²) in [5.74, 6) is 1.42. The van der Waals surface area contributed by atoms with Crippen LogP contribution in [0.2, 0.25) is 0 Å². The first-order chi connectivity index (χ1) is 11.6. The van der Waals surface area contributed by atoms with E-state index in [1.165, 1.54) is 0 Å². The number of aromatic nitrogens is 1. The van der Waals surface area contributed by atoms with E-state index in [4.69, 9.17) is 9.47 Å². The van der Waals surface area contributed by atoms with Gasteiger partial charge >= 0.3 is 0 Å². The zero-order valence-corrected chi connectivity index (χ0v) is 13.8. The lowest BCUT2D eigenvalue weighted by molar-refractivity contribution is -0.124. The van der Waals surface area contributed by atoms with E-state index in [0.29, 0.717) is 23.8 Å². The van der Waals surface area contributed by atoms with E-state index >= 15 is 0 Å². The van der Waals surface area contributed by atoms with E-state index in [-0.39, 0.29) is 18.6 Å². The Bertz CT molecular complexity index is 631. The lowest BCUT2D eigenvalue weighted by Crippen LogP contribution is -2.42. The smallest absolute Gasteiger partial charge is 0.258 e. The van der Waals surface area contributed by atoms with Gasteiger partial charge in [0.05, 0.1) is 12.1 Å². The molecule has 0 aliphatic carbocycles. The zero-order valence-electron chi connectivity index (χ0n) is 13.8. The highest BCUT2D eigenvalue weighted by atomic mass is 16.5. The van der Waals surface area contributed by atoms with Gasteiger partial charge < -0.3 is 19.9 Å². The Morgan fingerprint density at radius 3 is 2.54 bits per heavy atom. The Labute approximate surface area is 141 Å². The molecule has 6 heteroatoms. The van der Waals surface area contributed by atoms with E-state index < -0.39 is 6.10 Å². The van der Waals surface area contributed by atoms with Crippen LogP contribution in [0.4, 0.5) is 0 Å². The van der Waals surface area contributed by atoms with Crippen LogP contribution in [0.5, 0.6) is 17.4 Å². The monoisotopic (exact) mass is 330 g/mol. The molecular formula is C18H22N2O4. The Morgan fingerprint density at radius 2 is 1.92 bits per heavy atom. The summed E-state index contributed by atoms with van der Waals surface area (Å²) in [6, 6.07) is 12.0. The third kappa shape index (κ3) is 5.55. The molecule has 128 valence electrons. The summed E-state index contributed by atoms with van der Waals surface area (Å²) in [5, 5.41) is 12.3. The molecule has 0 spiro atoms. The molecule has 0 aliphatic heterocycles. The van der Waals surface area contributed by atoms with E-state index in [1.54, 1.807) is 43.5 Å². The minimum Gasteiger partial charge on any atom is -0.484 e. The Hall–Kier alpha value is -2.60. The fraction of sp³-hybridized carbons (Fsp3) is 0.333. The molecule has 0 saturated heterocycles. The molecule has 0 radical (unpaired) electrons. The number of hydrogen-bond acceptors (Lipinski definition) is 5. The largest absolute Gasteiger partial charge is 0.484 e. The van der Waals surface area contributed by atoms with Gasteiger partial charge in [0.2, 0.25) is 5.88 Å². The summed E-state index contributed by atoms with van der Waals surface area (Å²) in [4.78, 5) is 15.9. The second-order valence-corrected chi connectivity index (χ2v) is 5.36. The van der Waals surface area contributed by atoms with Crippen molar-refractivity contribution in [3.63, 3.8) is 0 Å². The van der Waals surface area contributed by atoms with Crippen molar-refractivity contribution in [2.75, 3.05) is 6.61 Å². The maximum Gasteiger partial charge on any atom is 0.258 e. The highest BCUT2D eigenvalue weighted by Gasteiger charge is 2.14. The molecule has 0 aliphatic rings. The number of pyridine rings is 1. The molecular weight excluding hydrogens is 308 g/mol. The Kier molecular flexibility index (Phi) is 6.57. The second-order valence-electron chi connectivity index (χ2n) is 5.36. The molecule has 0 saturated carbocycles. The molecule has 2 N–H and O–H groups in total. The van der Waals surface area contributed by atoms with Crippen LogP contribution in [-0.4, -0.2) is 34.8 Å². The number of amides is 1. The van der Waals surface area contributed by atoms with Gasteiger partial charge in [0.25, 0.3) is 5.91 Å². The second kappa shape index (κ2) is 8.88. The van der Waals surface area contributed by atoms with Crippen molar-refractivity contribution in [3.05, 3.63) is 48.7 Å². The summed E-state index contributed by atoms with van der Waals surface area (Å²) in [6.45, 7) is 3.51. The molecule has 1 amide bonds. The summed E-state index contributed by atoms with van der Waals surface area (Å²) < 4.78 is 11.0. The van der Waals surface area contributed by atoms with Crippen LogP contribution in [0.1, 0.15) is 20.3 Å². The van der Waals surface area contributed by atoms with Crippen LogP contribution in [0, 0.1) is 0 Å². The minimum absolute atomic E-state index is 0.110. The molecule has 1 aromatic heterocycles. The summed E-state index contributed by atoms with van der Waals surface area (Å²) in [5.41, 5.74) is 0. The molecule has 2 atom stereocenters. The van der Waals surface area contributed by atoms with Crippen LogP contribution in [0.15, 0.2) is 48.7 Å². The van der Waals surface area contributed by atoms with Crippen molar-refractivity contribution < 1.29 is 19.4 Å². The van der Waals surface area contributed by atoms with Gasteiger partial charge in [0.15, 0.2) is 6.61 Å². The SMILES string of the molecule is CCC(O)C(C)NC(=O)COc1ccc(Oc2ccccn2)cc1. The van der Waals surface area contributed by atoms with E-state index in [1.807, 2.05) is 19.1 Å². The maximum absolute atomic E-state index is 11.8. The van der Waals surface area contributed by atoms with Gasteiger partial charge in [0, 0.05) is 12.3 Å². The van der Waals surface area contributed by atoms with E-state index in [0.717, 1.165) is 0 Å². The van der Waals surface area contributed by atoms with Crippen LogP contribution in [-0.2, 0) is 4.79 Å². The van der Waals surface area contributed by atoms with E-state index in [9.17, 15) is 9.90 Å². The number of ether oxygens (including phenoxy) is 2. The third-order valence-corrected chi connectivity index (χ3v) is 3.44. The molecule has 2 unspecified atom stereocenters. The van der Waals surface area contributed by atoms with Gasteiger partial charge in [-0.15, -0.1) is 0 Å². The van der Waals surface area contributed by atoms with Crippen LogP contribution < -0.4 is 14.8 Å². The van der Waals surface area contributed by atoms with Crippen molar-refractivity contribution in [1.82, 2.24) is 10.3 Å². The van der Waals surface area contributed by atoms with Gasteiger partial charge in [-0.25, -0.2) is 4.98 Å². The quantitative estimate of drug-likeness (QED) is 0.777. The van der Waals surface area contributed by atoms with Gasteiger partial charge in [0.1, 0.15) is 11.5 Å². The molecule has 1 aromatic carbocycles. The van der Waals surface area contributed by atoms with Gasteiger partial charge in [-0.1, -0.05) is 13.0 Å². The fourth-order valence-corrected chi connectivity index (χ4v) is 2.03. The van der Waals surface area contributed by atoms with Gasteiger partial charge in [-0.3, -0.25) is 4.79 Å². The van der Waals surface area contributed by atoms with Crippen molar-refractivity contribution in [2.24, 2.45) is 0 Å². The average Bonchev–Trinajstić information content (AvgIpc) is 2.61. The Balaban J connectivity index is 1.80. The van der Waals surface area contributed by atoms with Gasteiger partial charge in [-0.05, 0) is 43.7 Å². The van der Waals surface area contributed by atoms with Crippen LogP contribution >= 0.6 is 0 Å². The highest BCUT2D eigenvalue weighted by molar-refractivity contribution is 5.77. The first-order valence-corrected chi connectivity index (χ1v) is 7.87. The number of aliphatic hydroxyl groups is 1. The van der Waals surface area contributed by atoms with Crippen molar-refractivity contribution >= 4 is 5.91 Å². The predicted octanol–water partition coefficient (Wildman–Crippen LogP) is 2.53. The molecule has 24 heavy (non-hydrogen) atoms. The van der Waals surface area contributed by atoms with Crippen molar-refractivity contribution in [1.29, 1.82) is 0 Å². The summed E-state index contributed by atoms with van der Waals surface area (Å²) in [7, 11) is 0. The number of nitrogens with zero attached hydrogens (tertiary/aromatic N) is 1. The van der Waals surface area contributed by atoms with Crippen LogP contribution in [0.25, 0.3) is 0 Å². The highest BCUT2D eigenvalue weighted by Crippen LogP contribution is 2.22. The number of carbonyl (C=O) groups is 1. The first-order valence-electron chi connectivity index (χ1n) is 7.87. The topological polar surface area (TPSA) is 80.7 Å². The number of benzene rings is 1. The van der Waals surface area contributed by atoms with Crippen molar-refractivity contribution in [3.8, 4) is 17.4 Å². The van der Waals surface area contributed by atoms with Gasteiger partial charge in [-0.2, -0.15) is 0 Å². The molecule has 0 bridgehead atoms. The maximum atomic E-state index is 11.8. The fourth-order valence-electron chi connectivity index (χ4n) is 2.03. The standard InChI is InChI=1S/C18H22N2O4/c1-3-16(21)13(2)20-17(22)12-23-14-7-9-15(10-8-14)24-18-6-4-5-11-19-18/h4-11,13,16,21H,3,12H2,1-2H3,(H,20,22). The predicted molar refractivity (Wildman–Crippen MR) is 90.2 cm³/mol. The summed E-state index contributed by atoms with van der Waals surface area (Å²) >= 11 is 0. The normalized spacial score (nSPS) is 13.0. The molecule has 1 heterocycles.